The lowest BCUT2D eigenvalue weighted by molar-refractivity contribution is -0.0372. The highest BCUT2D eigenvalue weighted by atomic mass is 19.3. The maximum Gasteiger partial charge on any atom is 0.267 e. The van der Waals surface area contributed by atoms with E-state index < -0.39 is 18.1 Å². The third-order valence-corrected chi connectivity index (χ3v) is 3.42. The third-order valence-electron chi connectivity index (χ3n) is 3.42. The first-order valence-electron chi connectivity index (χ1n) is 5.90. The highest BCUT2D eigenvalue weighted by molar-refractivity contribution is 5.95. The largest absolute Gasteiger partial charge is 0.290 e. The van der Waals surface area contributed by atoms with Gasteiger partial charge in [-0.15, -0.1) is 5.10 Å². The molecule has 2 aliphatic rings. The molecular weight excluding hydrogens is 247 g/mol. The van der Waals surface area contributed by atoms with Gasteiger partial charge in [0.1, 0.15) is 6.04 Å². The summed E-state index contributed by atoms with van der Waals surface area (Å²) in [7, 11) is 0. The quantitative estimate of drug-likeness (QED) is 0.783. The van der Waals surface area contributed by atoms with Gasteiger partial charge in [0.2, 0.25) is 11.6 Å². The molecule has 1 aromatic heterocycles. The molecular formula is C11H12F3N3O. The molecule has 0 amide bonds. The van der Waals surface area contributed by atoms with E-state index in [0.717, 1.165) is 24.4 Å². The van der Waals surface area contributed by atoms with Crippen molar-refractivity contribution in [2.45, 2.75) is 44.3 Å². The minimum absolute atomic E-state index is 0.105. The smallest absolute Gasteiger partial charge is 0.267 e. The van der Waals surface area contributed by atoms with Gasteiger partial charge in [-0.3, -0.25) is 4.79 Å². The SMILES string of the molecule is CC(F)(F)[C@@H]1CC(F)c2nc(C(=O)C3CC3)nn21. The Morgan fingerprint density at radius 1 is 1.44 bits per heavy atom. The van der Waals surface area contributed by atoms with Crippen molar-refractivity contribution in [2.24, 2.45) is 5.92 Å². The Labute approximate surface area is 101 Å². The average molecular weight is 259 g/mol. The van der Waals surface area contributed by atoms with E-state index in [2.05, 4.69) is 10.1 Å². The van der Waals surface area contributed by atoms with Crippen molar-refractivity contribution in [3.05, 3.63) is 11.6 Å². The van der Waals surface area contributed by atoms with Crippen LogP contribution in [0.4, 0.5) is 13.2 Å². The van der Waals surface area contributed by atoms with Crippen molar-refractivity contribution >= 4 is 5.78 Å². The summed E-state index contributed by atoms with van der Waals surface area (Å²) < 4.78 is 41.2. The molecule has 2 heterocycles. The molecule has 1 saturated carbocycles. The second-order valence-corrected chi connectivity index (χ2v) is 5.05. The zero-order valence-electron chi connectivity index (χ0n) is 9.74. The highest BCUT2D eigenvalue weighted by Gasteiger charge is 2.47. The van der Waals surface area contributed by atoms with Crippen LogP contribution < -0.4 is 0 Å². The van der Waals surface area contributed by atoms with E-state index in [1.54, 1.807) is 0 Å². The molecule has 1 fully saturated rings. The lowest BCUT2D eigenvalue weighted by atomic mass is 10.1. The van der Waals surface area contributed by atoms with Crippen molar-refractivity contribution in [1.29, 1.82) is 0 Å². The van der Waals surface area contributed by atoms with E-state index in [-0.39, 0.29) is 29.8 Å². The fourth-order valence-corrected chi connectivity index (χ4v) is 2.23. The van der Waals surface area contributed by atoms with Gasteiger partial charge in [-0.05, 0) is 12.8 Å². The van der Waals surface area contributed by atoms with E-state index in [1.165, 1.54) is 0 Å². The second-order valence-electron chi connectivity index (χ2n) is 5.05. The van der Waals surface area contributed by atoms with Crippen molar-refractivity contribution < 1.29 is 18.0 Å². The van der Waals surface area contributed by atoms with Crippen LogP contribution >= 0.6 is 0 Å². The fraction of sp³-hybridized carbons (Fsp3) is 0.727. The van der Waals surface area contributed by atoms with Gasteiger partial charge in [-0.1, -0.05) is 0 Å². The number of carbonyl (C=O) groups excluding carboxylic acids is 1. The minimum atomic E-state index is -3.08. The maximum atomic E-state index is 13.6. The Hall–Kier alpha value is -1.40. The Morgan fingerprint density at radius 3 is 2.67 bits per heavy atom. The molecule has 0 radical (unpaired) electrons. The molecule has 3 rings (SSSR count). The van der Waals surface area contributed by atoms with Crippen LogP contribution in [-0.2, 0) is 0 Å². The van der Waals surface area contributed by atoms with Gasteiger partial charge in [0.15, 0.2) is 12.0 Å². The summed E-state index contributed by atoms with van der Waals surface area (Å²) in [6, 6.07) is -1.35. The lowest BCUT2D eigenvalue weighted by Gasteiger charge is -2.18. The Balaban J connectivity index is 1.96. The molecule has 1 aromatic rings. The number of hydrogen-bond donors (Lipinski definition) is 0. The van der Waals surface area contributed by atoms with Gasteiger partial charge < -0.3 is 0 Å². The third kappa shape index (κ3) is 1.72. The first-order chi connectivity index (χ1) is 8.38. The van der Waals surface area contributed by atoms with E-state index in [9.17, 15) is 18.0 Å². The number of halogens is 3. The van der Waals surface area contributed by atoms with E-state index in [4.69, 9.17) is 0 Å². The summed E-state index contributed by atoms with van der Waals surface area (Å²) in [4.78, 5) is 15.5. The number of ketones is 1. The van der Waals surface area contributed by atoms with E-state index in [0.29, 0.717) is 0 Å². The van der Waals surface area contributed by atoms with Crippen LogP contribution in [-0.4, -0.2) is 26.5 Å². The van der Waals surface area contributed by atoms with Crippen LogP contribution in [0.15, 0.2) is 0 Å². The molecule has 7 heteroatoms. The van der Waals surface area contributed by atoms with Crippen molar-refractivity contribution in [3.8, 4) is 0 Å². The Morgan fingerprint density at radius 2 is 2.11 bits per heavy atom. The molecule has 0 N–H and O–H groups in total. The van der Waals surface area contributed by atoms with Gasteiger partial charge in [0, 0.05) is 19.3 Å². The Kier molecular flexibility index (Phi) is 2.30. The van der Waals surface area contributed by atoms with Gasteiger partial charge in [-0.25, -0.2) is 22.8 Å². The number of Topliss-reactive ketones (excluding diaryl/α,β-unsaturated/α-hetero) is 1. The molecule has 1 aliphatic carbocycles. The van der Waals surface area contributed by atoms with Crippen LogP contribution in [0.2, 0.25) is 0 Å². The number of rotatable bonds is 3. The lowest BCUT2D eigenvalue weighted by Crippen LogP contribution is -2.26. The molecule has 0 spiro atoms. The fourth-order valence-electron chi connectivity index (χ4n) is 2.23. The number of hydrogen-bond acceptors (Lipinski definition) is 3. The van der Waals surface area contributed by atoms with Gasteiger partial charge in [0.25, 0.3) is 5.92 Å². The maximum absolute atomic E-state index is 13.6. The van der Waals surface area contributed by atoms with Crippen LogP contribution in [0.25, 0.3) is 0 Å². The summed E-state index contributed by atoms with van der Waals surface area (Å²) in [5.74, 6) is -3.72. The highest BCUT2D eigenvalue weighted by Crippen LogP contribution is 2.44. The minimum Gasteiger partial charge on any atom is -0.290 e. The number of alkyl halides is 3. The number of nitrogens with zero attached hydrogens (tertiary/aromatic N) is 3. The first-order valence-corrected chi connectivity index (χ1v) is 5.90. The predicted octanol–water partition coefficient (Wildman–Crippen LogP) is 2.48. The molecule has 2 atom stereocenters. The van der Waals surface area contributed by atoms with Crippen LogP contribution in [0, 0.1) is 5.92 Å². The molecule has 1 unspecified atom stereocenters. The van der Waals surface area contributed by atoms with Crippen LogP contribution in [0.3, 0.4) is 0 Å². The Bertz CT molecular complexity index is 504. The number of aromatic nitrogens is 3. The second kappa shape index (κ2) is 3.55. The van der Waals surface area contributed by atoms with E-state index >= 15 is 0 Å². The zero-order chi connectivity index (χ0) is 13.1. The van der Waals surface area contributed by atoms with Gasteiger partial charge in [0.05, 0.1) is 0 Å². The average Bonchev–Trinajstić information content (AvgIpc) is 2.94. The molecule has 98 valence electrons. The molecule has 4 nitrogen and oxygen atoms in total. The van der Waals surface area contributed by atoms with Crippen molar-refractivity contribution in [3.63, 3.8) is 0 Å². The molecule has 18 heavy (non-hydrogen) atoms. The van der Waals surface area contributed by atoms with Gasteiger partial charge in [-0.2, -0.15) is 0 Å². The molecule has 0 saturated heterocycles. The van der Waals surface area contributed by atoms with Gasteiger partial charge >= 0.3 is 0 Å². The topological polar surface area (TPSA) is 47.8 Å². The summed E-state index contributed by atoms with van der Waals surface area (Å²) >= 11 is 0. The monoisotopic (exact) mass is 259 g/mol. The first kappa shape index (κ1) is 11.7. The van der Waals surface area contributed by atoms with Crippen LogP contribution in [0.1, 0.15) is 54.8 Å². The zero-order valence-corrected chi connectivity index (χ0v) is 9.74. The molecule has 1 aliphatic heterocycles. The molecule has 0 bridgehead atoms. The van der Waals surface area contributed by atoms with E-state index in [1.807, 2.05) is 0 Å². The van der Waals surface area contributed by atoms with Crippen molar-refractivity contribution in [2.75, 3.05) is 0 Å². The summed E-state index contributed by atoms with van der Waals surface area (Å²) in [5, 5.41) is 3.79. The van der Waals surface area contributed by atoms with Crippen molar-refractivity contribution in [1.82, 2.24) is 14.8 Å². The standard InChI is InChI=1S/C11H12F3N3O/c1-11(13,14)7-4-6(12)10-15-9(16-17(7)10)8(18)5-2-3-5/h5-7H,2-4H2,1H3/t6?,7-/m0/s1. The number of fused-ring (bicyclic) bond motifs is 1. The summed E-state index contributed by atoms with van der Waals surface area (Å²) in [6.45, 7) is 0.726. The summed E-state index contributed by atoms with van der Waals surface area (Å²) in [6.07, 6.45) is -0.366. The predicted molar refractivity (Wildman–Crippen MR) is 55.2 cm³/mol. The normalized spacial score (nSPS) is 27.3. The molecule has 0 aromatic carbocycles. The van der Waals surface area contributed by atoms with Crippen LogP contribution in [0.5, 0.6) is 0 Å². The number of carbonyl (C=O) groups is 1. The summed E-state index contributed by atoms with van der Waals surface area (Å²) in [5.41, 5.74) is 0.